The molecular weight excluding hydrogens is 152 g/mol. The highest BCUT2D eigenvalue weighted by Gasteiger charge is 2.01. The zero-order chi connectivity index (χ0) is 8.97. The molecule has 0 aliphatic heterocycles. The molecule has 0 N–H and O–H groups in total. The van der Waals surface area contributed by atoms with Crippen LogP contribution in [0.1, 0.15) is 19.7 Å². The third kappa shape index (κ3) is 2.49. The quantitative estimate of drug-likeness (QED) is 0.685. The van der Waals surface area contributed by atoms with Gasteiger partial charge in [-0.25, -0.2) is 4.98 Å². The number of hydrogen-bond donors (Lipinski definition) is 0. The first-order valence-electron chi connectivity index (χ1n) is 4.08. The summed E-state index contributed by atoms with van der Waals surface area (Å²) >= 11 is 0. The molecule has 0 aliphatic rings. The van der Waals surface area contributed by atoms with Crippen molar-refractivity contribution in [1.29, 1.82) is 0 Å². The van der Waals surface area contributed by atoms with Gasteiger partial charge in [0.1, 0.15) is 5.82 Å². The summed E-state index contributed by atoms with van der Waals surface area (Å²) in [5, 5.41) is 0. The topological polar surface area (TPSA) is 35.0 Å². The summed E-state index contributed by atoms with van der Waals surface area (Å²) in [6.07, 6.45) is 2.63. The van der Waals surface area contributed by atoms with Crippen molar-refractivity contribution in [1.82, 2.24) is 9.97 Å². The molecule has 0 saturated heterocycles. The zero-order valence-electron chi connectivity index (χ0n) is 7.74. The van der Waals surface area contributed by atoms with Gasteiger partial charge in [0.2, 0.25) is 5.88 Å². The molecule has 0 aromatic carbocycles. The van der Waals surface area contributed by atoms with E-state index < -0.39 is 0 Å². The highest BCUT2D eigenvalue weighted by molar-refractivity contribution is 5.08. The van der Waals surface area contributed by atoms with Gasteiger partial charge in [0.15, 0.2) is 0 Å². The SMILES string of the molecule is COc1ccnc(CC(C)C)n1. The highest BCUT2D eigenvalue weighted by Crippen LogP contribution is 2.07. The van der Waals surface area contributed by atoms with E-state index in [1.54, 1.807) is 19.4 Å². The monoisotopic (exact) mass is 166 g/mol. The number of aromatic nitrogens is 2. The first-order chi connectivity index (χ1) is 5.72. The predicted octanol–water partition coefficient (Wildman–Crippen LogP) is 1.68. The first-order valence-corrected chi connectivity index (χ1v) is 4.08. The average molecular weight is 166 g/mol. The fourth-order valence-corrected chi connectivity index (χ4v) is 0.958. The van der Waals surface area contributed by atoms with Crippen LogP contribution < -0.4 is 4.74 Å². The Morgan fingerprint density at radius 1 is 1.50 bits per heavy atom. The van der Waals surface area contributed by atoms with Crippen molar-refractivity contribution in [2.45, 2.75) is 20.3 Å². The van der Waals surface area contributed by atoms with E-state index in [4.69, 9.17) is 4.74 Å². The molecule has 66 valence electrons. The molecule has 0 atom stereocenters. The molecule has 0 aliphatic carbocycles. The van der Waals surface area contributed by atoms with E-state index >= 15 is 0 Å². The van der Waals surface area contributed by atoms with Crippen LogP contribution in [0.2, 0.25) is 0 Å². The van der Waals surface area contributed by atoms with E-state index in [1.807, 2.05) is 0 Å². The van der Waals surface area contributed by atoms with Crippen molar-refractivity contribution >= 4 is 0 Å². The Balaban J connectivity index is 2.72. The largest absolute Gasteiger partial charge is 0.481 e. The number of methoxy groups -OCH3 is 1. The lowest BCUT2D eigenvalue weighted by Gasteiger charge is -2.03. The molecule has 12 heavy (non-hydrogen) atoms. The van der Waals surface area contributed by atoms with Crippen LogP contribution >= 0.6 is 0 Å². The summed E-state index contributed by atoms with van der Waals surface area (Å²) in [6, 6.07) is 1.75. The predicted molar refractivity (Wildman–Crippen MR) is 47.1 cm³/mol. The molecule has 0 unspecified atom stereocenters. The van der Waals surface area contributed by atoms with Crippen LogP contribution in [0.4, 0.5) is 0 Å². The maximum Gasteiger partial charge on any atom is 0.216 e. The van der Waals surface area contributed by atoms with Crippen molar-refractivity contribution in [2.75, 3.05) is 7.11 Å². The van der Waals surface area contributed by atoms with Gasteiger partial charge in [-0.1, -0.05) is 13.8 Å². The molecule has 1 rings (SSSR count). The molecule has 1 aromatic heterocycles. The summed E-state index contributed by atoms with van der Waals surface area (Å²) in [6.45, 7) is 4.28. The van der Waals surface area contributed by atoms with E-state index in [-0.39, 0.29) is 0 Å². The van der Waals surface area contributed by atoms with Gasteiger partial charge in [0.05, 0.1) is 7.11 Å². The van der Waals surface area contributed by atoms with E-state index in [1.165, 1.54) is 0 Å². The standard InChI is InChI=1S/C9H14N2O/c1-7(2)6-8-10-5-4-9(11-8)12-3/h4-5,7H,6H2,1-3H3. The second kappa shape index (κ2) is 4.04. The van der Waals surface area contributed by atoms with Gasteiger partial charge in [0.25, 0.3) is 0 Å². The lowest BCUT2D eigenvalue weighted by molar-refractivity contribution is 0.393. The second-order valence-electron chi connectivity index (χ2n) is 3.11. The molecule has 1 heterocycles. The fraction of sp³-hybridized carbons (Fsp3) is 0.556. The van der Waals surface area contributed by atoms with Gasteiger partial charge >= 0.3 is 0 Å². The highest BCUT2D eigenvalue weighted by atomic mass is 16.5. The normalized spacial score (nSPS) is 10.3. The van der Waals surface area contributed by atoms with Crippen LogP contribution in [0.15, 0.2) is 12.3 Å². The molecule has 1 aromatic rings. The van der Waals surface area contributed by atoms with E-state index in [9.17, 15) is 0 Å². The summed E-state index contributed by atoms with van der Waals surface area (Å²) in [7, 11) is 1.61. The molecule has 0 saturated carbocycles. The van der Waals surface area contributed by atoms with Crippen LogP contribution in [0.3, 0.4) is 0 Å². The number of hydrogen-bond acceptors (Lipinski definition) is 3. The first kappa shape index (κ1) is 8.97. The molecule has 0 spiro atoms. The smallest absolute Gasteiger partial charge is 0.216 e. The Kier molecular flexibility index (Phi) is 3.02. The van der Waals surface area contributed by atoms with E-state index in [0.717, 1.165) is 12.2 Å². The third-order valence-electron chi connectivity index (χ3n) is 1.48. The average Bonchev–Trinajstić information content (AvgIpc) is 2.03. The Hall–Kier alpha value is -1.12. The second-order valence-corrected chi connectivity index (χ2v) is 3.11. The molecule has 3 heteroatoms. The number of nitrogens with zero attached hydrogens (tertiary/aromatic N) is 2. The Bertz CT molecular complexity index is 248. The lowest BCUT2D eigenvalue weighted by atomic mass is 10.1. The van der Waals surface area contributed by atoms with Crippen molar-refractivity contribution in [2.24, 2.45) is 5.92 Å². The summed E-state index contributed by atoms with van der Waals surface area (Å²) in [4.78, 5) is 8.33. The van der Waals surface area contributed by atoms with Crippen molar-refractivity contribution < 1.29 is 4.74 Å². The third-order valence-corrected chi connectivity index (χ3v) is 1.48. The van der Waals surface area contributed by atoms with Crippen molar-refractivity contribution in [3.05, 3.63) is 18.1 Å². The van der Waals surface area contributed by atoms with Crippen LogP contribution in [-0.2, 0) is 6.42 Å². The lowest BCUT2D eigenvalue weighted by Crippen LogP contribution is -2.01. The summed E-state index contributed by atoms with van der Waals surface area (Å²) < 4.78 is 4.99. The molecule has 0 amide bonds. The summed E-state index contributed by atoms with van der Waals surface area (Å²) in [5.74, 6) is 2.07. The van der Waals surface area contributed by atoms with Gasteiger partial charge in [-0.2, -0.15) is 4.98 Å². The fourth-order valence-electron chi connectivity index (χ4n) is 0.958. The van der Waals surface area contributed by atoms with E-state index in [0.29, 0.717) is 11.8 Å². The van der Waals surface area contributed by atoms with Gasteiger partial charge in [-0.3, -0.25) is 0 Å². The molecular formula is C9H14N2O. The van der Waals surface area contributed by atoms with Crippen LogP contribution in [0.5, 0.6) is 5.88 Å². The Morgan fingerprint density at radius 3 is 2.83 bits per heavy atom. The molecule has 0 bridgehead atoms. The van der Waals surface area contributed by atoms with Crippen molar-refractivity contribution in [3.63, 3.8) is 0 Å². The minimum Gasteiger partial charge on any atom is -0.481 e. The maximum atomic E-state index is 4.99. The zero-order valence-corrected chi connectivity index (χ0v) is 7.74. The Morgan fingerprint density at radius 2 is 2.25 bits per heavy atom. The maximum absolute atomic E-state index is 4.99. The van der Waals surface area contributed by atoms with Gasteiger partial charge in [0, 0.05) is 18.7 Å². The van der Waals surface area contributed by atoms with Crippen molar-refractivity contribution in [3.8, 4) is 5.88 Å². The van der Waals surface area contributed by atoms with Crippen LogP contribution in [0, 0.1) is 5.92 Å². The van der Waals surface area contributed by atoms with Crippen LogP contribution in [-0.4, -0.2) is 17.1 Å². The van der Waals surface area contributed by atoms with Gasteiger partial charge in [-0.05, 0) is 5.92 Å². The molecule has 3 nitrogen and oxygen atoms in total. The van der Waals surface area contributed by atoms with Gasteiger partial charge in [-0.15, -0.1) is 0 Å². The number of ether oxygens (including phenoxy) is 1. The van der Waals surface area contributed by atoms with Crippen LogP contribution in [0.25, 0.3) is 0 Å². The Labute approximate surface area is 72.8 Å². The number of rotatable bonds is 3. The minimum absolute atomic E-state index is 0.581. The molecule has 0 radical (unpaired) electrons. The summed E-state index contributed by atoms with van der Waals surface area (Å²) in [5.41, 5.74) is 0. The minimum atomic E-state index is 0.581. The molecule has 0 fully saturated rings. The van der Waals surface area contributed by atoms with Gasteiger partial charge < -0.3 is 4.74 Å². The van der Waals surface area contributed by atoms with E-state index in [2.05, 4.69) is 23.8 Å².